The molecule has 14 heavy (non-hydrogen) atoms. The lowest BCUT2D eigenvalue weighted by molar-refractivity contribution is 0.0691. The van der Waals surface area contributed by atoms with Crippen LogP contribution in [-0.4, -0.2) is 29.1 Å². The third-order valence-electron chi connectivity index (χ3n) is 2.54. The Labute approximate surface area is 84.4 Å². The van der Waals surface area contributed by atoms with Crippen molar-refractivity contribution in [3.63, 3.8) is 0 Å². The summed E-state index contributed by atoms with van der Waals surface area (Å²) in [5.41, 5.74) is 0.515. The van der Waals surface area contributed by atoms with Crippen LogP contribution in [0.15, 0.2) is 6.20 Å². The molecule has 1 atom stereocenters. The fraction of sp³-hybridized carbons (Fsp3) is 0.556. The van der Waals surface area contributed by atoms with Crippen LogP contribution < -0.4 is 0 Å². The first-order valence-electron chi connectivity index (χ1n) is 4.60. The quantitative estimate of drug-likeness (QED) is 0.754. The maximum atomic E-state index is 10.6. The number of H-pyrrole nitrogens is 1. The molecule has 78 valence electrons. The number of aromatic amines is 1. The number of imidazole rings is 1. The first-order chi connectivity index (χ1) is 6.32. The molecule has 0 amide bonds. The van der Waals surface area contributed by atoms with E-state index in [0.29, 0.717) is 5.54 Å². The number of carboxylic acids is 1. The van der Waals surface area contributed by atoms with Crippen LogP contribution in [0.1, 0.15) is 28.8 Å². The normalized spacial score (nSPS) is 14.0. The van der Waals surface area contributed by atoms with Crippen molar-refractivity contribution in [2.24, 2.45) is 0 Å². The highest BCUT2D eigenvalue weighted by atomic mass is 28.3. The number of hydrogen-bond acceptors (Lipinski definition) is 2. The Morgan fingerprint density at radius 1 is 1.57 bits per heavy atom. The molecule has 0 saturated carbocycles. The van der Waals surface area contributed by atoms with Crippen molar-refractivity contribution >= 4 is 14.0 Å². The van der Waals surface area contributed by atoms with Crippen LogP contribution in [0.3, 0.4) is 0 Å². The fourth-order valence-corrected chi connectivity index (χ4v) is 2.04. The molecule has 1 unspecified atom stereocenters. The van der Waals surface area contributed by atoms with Gasteiger partial charge in [0, 0.05) is 5.54 Å². The van der Waals surface area contributed by atoms with E-state index in [1.807, 2.05) is 0 Å². The summed E-state index contributed by atoms with van der Waals surface area (Å²) in [5.74, 6) is -0.159. The van der Waals surface area contributed by atoms with E-state index < -0.39 is 14.0 Å². The molecule has 1 aromatic rings. The van der Waals surface area contributed by atoms with Crippen LogP contribution in [0.4, 0.5) is 0 Å². The minimum atomic E-state index is -1.31. The van der Waals surface area contributed by atoms with Gasteiger partial charge in [0.2, 0.25) is 0 Å². The zero-order valence-electron chi connectivity index (χ0n) is 8.96. The lowest BCUT2D eigenvalue weighted by atomic mass is 10.4. The van der Waals surface area contributed by atoms with Crippen molar-refractivity contribution in [1.29, 1.82) is 0 Å². The van der Waals surface area contributed by atoms with Gasteiger partial charge in [-0.3, -0.25) is 0 Å². The molecule has 2 N–H and O–H groups in total. The minimum Gasteiger partial charge on any atom is -0.477 e. The summed E-state index contributed by atoms with van der Waals surface area (Å²) in [6.45, 7) is 8.80. The molecule has 0 fully saturated rings. The first-order valence-corrected chi connectivity index (χ1v) is 8.18. The van der Waals surface area contributed by atoms with Crippen LogP contribution in [0, 0.1) is 0 Å². The molecule has 4 nitrogen and oxygen atoms in total. The largest absolute Gasteiger partial charge is 0.477 e. The Kier molecular flexibility index (Phi) is 2.80. The van der Waals surface area contributed by atoms with Gasteiger partial charge in [0.05, 0.1) is 14.3 Å². The predicted molar refractivity (Wildman–Crippen MR) is 57.3 cm³/mol. The van der Waals surface area contributed by atoms with Crippen LogP contribution in [0.5, 0.6) is 0 Å². The van der Waals surface area contributed by atoms with Gasteiger partial charge < -0.3 is 10.1 Å². The molecular formula is C9H16N2O2Si. The van der Waals surface area contributed by atoms with E-state index in [2.05, 4.69) is 36.5 Å². The molecule has 5 heteroatoms. The summed E-state index contributed by atoms with van der Waals surface area (Å²) < 4.78 is 0. The molecule has 0 aliphatic rings. The third-order valence-corrected chi connectivity index (χ3v) is 5.41. The highest BCUT2D eigenvalue weighted by Crippen LogP contribution is 2.23. The standard InChI is InChI=1S/C9H16N2O2Si/c1-6(14(2,3)4)8-10-5-7(11-8)9(12)13/h5-6H,1-4H3,(H,10,11)(H,12,13). The van der Waals surface area contributed by atoms with E-state index in [1.165, 1.54) is 6.20 Å². The Balaban J connectivity index is 2.92. The average Bonchev–Trinajstić information content (AvgIpc) is 2.48. The molecular weight excluding hydrogens is 196 g/mol. The smallest absolute Gasteiger partial charge is 0.353 e. The second-order valence-corrected chi connectivity index (χ2v) is 10.2. The Morgan fingerprint density at radius 2 is 2.14 bits per heavy atom. The Bertz CT molecular complexity index is 341. The number of aromatic nitrogens is 2. The van der Waals surface area contributed by atoms with Gasteiger partial charge >= 0.3 is 5.97 Å². The molecule has 1 aromatic heterocycles. The second-order valence-electron chi connectivity index (χ2n) is 4.57. The van der Waals surface area contributed by atoms with E-state index in [0.717, 1.165) is 5.82 Å². The summed E-state index contributed by atoms with van der Waals surface area (Å²) in [6, 6.07) is 0. The van der Waals surface area contributed by atoms with Crippen LogP contribution in [-0.2, 0) is 0 Å². The SMILES string of the molecule is CC(c1ncc(C(=O)O)[nH]1)[Si](C)(C)C. The number of nitrogens with zero attached hydrogens (tertiary/aromatic N) is 1. The maximum Gasteiger partial charge on any atom is 0.353 e. The van der Waals surface area contributed by atoms with E-state index in [9.17, 15) is 4.79 Å². The Hall–Kier alpha value is -1.10. The van der Waals surface area contributed by atoms with E-state index in [-0.39, 0.29) is 5.69 Å². The number of hydrogen-bond donors (Lipinski definition) is 2. The predicted octanol–water partition coefficient (Wildman–Crippen LogP) is 2.09. The zero-order valence-corrected chi connectivity index (χ0v) is 9.96. The van der Waals surface area contributed by atoms with Gasteiger partial charge in [0.25, 0.3) is 0 Å². The monoisotopic (exact) mass is 212 g/mol. The molecule has 0 bridgehead atoms. The first kappa shape index (κ1) is 11.0. The van der Waals surface area contributed by atoms with Gasteiger partial charge in [0.1, 0.15) is 11.5 Å². The zero-order chi connectivity index (χ0) is 10.9. The van der Waals surface area contributed by atoms with Crippen LogP contribution >= 0.6 is 0 Å². The molecule has 0 aromatic carbocycles. The fourth-order valence-electron chi connectivity index (χ4n) is 1.08. The van der Waals surface area contributed by atoms with Gasteiger partial charge in [0.15, 0.2) is 0 Å². The summed E-state index contributed by atoms with van der Waals surface area (Å²) >= 11 is 0. The molecule has 0 saturated heterocycles. The average molecular weight is 212 g/mol. The summed E-state index contributed by atoms with van der Waals surface area (Å²) in [5, 5.41) is 8.72. The van der Waals surface area contributed by atoms with E-state index >= 15 is 0 Å². The van der Waals surface area contributed by atoms with Gasteiger partial charge in [-0.05, 0) is 0 Å². The number of aromatic carboxylic acids is 1. The van der Waals surface area contributed by atoms with E-state index in [4.69, 9.17) is 5.11 Å². The molecule has 1 rings (SSSR count). The topological polar surface area (TPSA) is 66.0 Å². The molecule has 0 spiro atoms. The van der Waals surface area contributed by atoms with Crippen molar-refractivity contribution in [3.8, 4) is 0 Å². The highest BCUT2D eigenvalue weighted by molar-refractivity contribution is 6.77. The van der Waals surface area contributed by atoms with Gasteiger partial charge in [-0.1, -0.05) is 26.6 Å². The number of carboxylic acid groups (broad SMARTS) is 1. The number of rotatable bonds is 3. The summed E-state index contributed by atoms with van der Waals surface area (Å²) in [7, 11) is -1.31. The van der Waals surface area contributed by atoms with Crippen molar-refractivity contribution < 1.29 is 9.90 Å². The maximum absolute atomic E-state index is 10.6. The van der Waals surface area contributed by atoms with Gasteiger partial charge in [-0.15, -0.1) is 0 Å². The molecule has 0 radical (unpaired) electrons. The van der Waals surface area contributed by atoms with Crippen molar-refractivity contribution in [1.82, 2.24) is 9.97 Å². The number of nitrogens with one attached hydrogen (secondary N) is 1. The highest BCUT2D eigenvalue weighted by Gasteiger charge is 2.26. The van der Waals surface area contributed by atoms with Gasteiger partial charge in [-0.25, -0.2) is 9.78 Å². The lowest BCUT2D eigenvalue weighted by Gasteiger charge is -2.22. The molecule has 0 aliphatic heterocycles. The Morgan fingerprint density at radius 3 is 2.50 bits per heavy atom. The van der Waals surface area contributed by atoms with Gasteiger partial charge in [-0.2, -0.15) is 0 Å². The molecule has 0 aliphatic carbocycles. The van der Waals surface area contributed by atoms with Crippen molar-refractivity contribution in [2.45, 2.75) is 32.1 Å². The lowest BCUT2D eigenvalue weighted by Crippen LogP contribution is -2.29. The van der Waals surface area contributed by atoms with Crippen molar-refractivity contribution in [2.75, 3.05) is 0 Å². The molecule has 1 heterocycles. The summed E-state index contributed by atoms with van der Waals surface area (Å²) in [4.78, 5) is 17.6. The van der Waals surface area contributed by atoms with Crippen molar-refractivity contribution in [3.05, 3.63) is 17.7 Å². The summed E-state index contributed by atoms with van der Waals surface area (Å²) in [6.07, 6.45) is 1.38. The van der Waals surface area contributed by atoms with Crippen LogP contribution in [0.25, 0.3) is 0 Å². The second kappa shape index (κ2) is 3.57. The van der Waals surface area contributed by atoms with E-state index in [1.54, 1.807) is 0 Å². The minimum absolute atomic E-state index is 0.171. The number of carbonyl (C=O) groups is 1. The third kappa shape index (κ3) is 2.23. The van der Waals surface area contributed by atoms with Crippen LogP contribution in [0.2, 0.25) is 19.6 Å².